The van der Waals surface area contributed by atoms with Gasteiger partial charge in [0.25, 0.3) is 5.91 Å². The molecule has 0 aromatic heterocycles. The fourth-order valence-corrected chi connectivity index (χ4v) is 2.53. The van der Waals surface area contributed by atoms with E-state index in [1.165, 1.54) is 16.0 Å². The maximum atomic E-state index is 11.7. The minimum Gasteiger partial charge on any atom is -0.484 e. The van der Waals surface area contributed by atoms with Gasteiger partial charge in [-0.1, -0.05) is 42.0 Å². The van der Waals surface area contributed by atoms with Gasteiger partial charge < -0.3 is 20.3 Å². The van der Waals surface area contributed by atoms with Crippen LogP contribution in [-0.2, 0) is 17.9 Å². The molecule has 0 bridgehead atoms. The average Bonchev–Trinajstić information content (AvgIpc) is 2.68. The van der Waals surface area contributed by atoms with E-state index in [1.54, 1.807) is 14.1 Å². The number of rotatable bonds is 8. The molecule has 2 rings (SSSR count). The molecule has 1 amide bonds. The molecule has 0 fully saturated rings. The molecule has 0 saturated heterocycles. The molecule has 0 heterocycles. The summed E-state index contributed by atoms with van der Waals surface area (Å²) in [6.45, 7) is 6.17. The van der Waals surface area contributed by atoms with Gasteiger partial charge in [0.05, 0.1) is 6.54 Å². The van der Waals surface area contributed by atoms with Gasteiger partial charge in [0, 0.05) is 27.2 Å². The number of ether oxygens (including phenoxy) is 1. The number of carbonyl (C=O) groups excluding carboxylic acids is 1. The van der Waals surface area contributed by atoms with Crippen molar-refractivity contribution in [2.45, 2.75) is 26.9 Å². The lowest BCUT2D eigenvalue weighted by Gasteiger charge is -2.13. The van der Waals surface area contributed by atoms with Crippen LogP contribution in [0.4, 0.5) is 0 Å². The van der Waals surface area contributed by atoms with Crippen molar-refractivity contribution in [3.8, 4) is 5.75 Å². The van der Waals surface area contributed by atoms with Gasteiger partial charge in [-0.15, -0.1) is 0 Å². The van der Waals surface area contributed by atoms with E-state index in [0.717, 1.165) is 18.1 Å². The molecule has 0 atom stereocenters. The van der Waals surface area contributed by atoms with E-state index >= 15 is 0 Å². The van der Waals surface area contributed by atoms with Crippen LogP contribution in [0.3, 0.4) is 0 Å². The Kier molecular flexibility index (Phi) is 8.34. The third-order valence-corrected chi connectivity index (χ3v) is 4.07. The molecule has 2 N–H and O–H groups in total. The molecule has 0 aliphatic rings. The molecule has 0 aliphatic carbocycles. The molecule has 6 heteroatoms. The quantitative estimate of drug-likeness (QED) is 0.544. The first kappa shape index (κ1) is 21.3. The number of aliphatic imine (C=N–C) groups is 1. The lowest BCUT2D eigenvalue weighted by molar-refractivity contribution is -0.130. The van der Waals surface area contributed by atoms with Crippen molar-refractivity contribution < 1.29 is 9.53 Å². The molecule has 6 nitrogen and oxygen atoms in total. The zero-order chi connectivity index (χ0) is 20.4. The van der Waals surface area contributed by atoms with Gasteiger partial charge in [-0.3, -0.25) is 4.79 Å². The van der Waals surface area contributed by atoms with Crippen LogP contribution in [0.5, 0.6) is 5.75 Å². The van der Waals surface area contributed by atoms with Crippen LogP contribution in [-0.4, -0.2) is 44.0 Å². The first-order valence-electron chi connectivity index (χ1n) is 9.47. The average molecular weight is 383 g/mol. The van der Waals surface area contributed by atoms with Crippen LogP contribution in [0, 0.1) is 6.92 Å². The summed E-state index contributed by atoms with van der Waals surface area (Å²) in [4.78, 5) is 17.8. The highest BCUT2D eigenvalue weighted by Crippen LogP contribution is 2.13. The zero-order valence-electron chi connectivity index (χ0n) is 17.2. The highest BCUT2D eigenvalue weighted by Gasteiger charge is 2.06. The van der Waals surface area contributed by atoms with Crippen LogP contribution < -0.4 is 15.4 Å². The Hall–Kier alpha value is -3.02. The van der Waals surface area contributed by atoms with Gasteiger partial charge in [0.15, 0.2) is 12.6 Å². The molecule has 150 valence electrons. The van der Waals surface area contributed by atoms with E-state index in [4.69, 9.17) is 4.74 Å². The van der Waals surface area contributed by atoms with Crippen molar-refractivity contribution in [1.29, 1.82) is 0 Å². The highest BCUT2D eigenvalue weighted by atomic mass is 16.5. The van der Waals surface area contributed by atoms with Crippen molar-refractivity contribution in [2.75, 3.05) is 27.2 Å². The number of carbonyl (C=O) groups is 1. The molecule has 2 aromatic carbocycles. The first-order chi connectivity index (χ1) is 13.5. The standard InChI is InChI=1S/C22H30N4O2/c1-5-23-22(24-14-18-9-6-8-17(2)12-18)25-15-19-10-7-11-20(13-19)28-16-21(27)26(3)4/h6-13H,5,14-16H2,1-4H3,(H2,23,24,25). The van der Waals surface area contributed by atoms with Crippen LogP contribution in [0.15, 0.2) is 53.5 Å². The van der Waals surface area contributed by atoms with Crippen LogP contribution in [0.25, 0.3) is 0 Å². The van der Waals surface area contributed by atoms with Gasteiger partial charge in [0.1, 0.15) is 5.75 Å². The Balaban J connectivity index is 1.94. The molecule has 2 aromatic rings. The summed E-state index contributed by atoms with van der Waals surface area (Å²) in [5.41, 5.74) is 3.46. The SMILES string of the molecule is CCNC(=NCc1cccc(C)c1)NCc1cccc(OCC(=O)N(C)C)c1. The third kappa shape index (κ3) is 7.31. The Morgan fingerprint density at radius 1 is 1.07 bits per heavy atom. The molecule has 28 heavy (non-hydrogen) atoms. The van der Waals surface area contributed by atoms with Crippen molar-refractivity contribution in [3.05, 3.63) is 65.2 Å². The summed E-state index contributed by atoms with van der Waals surface area (Å²) in [7, 11) is 3.43. The topological polar surface area (TPSA) is 66.0 Å². The number of amides is 1. The van der Waals surface area contributed by atoms with Crippen molar-refractivity contribution >= 4 is 11.9 Å². The van der Waals surface area contributed by atoms with Crippen LogP contribution in [0.2, 0.25) is 0 Å². The summed E-state index contributed by atoms with van der Waals surface area (Å²) in [6.07, 6.45) is 0. The molecule has 0 aliphatic heterocycles. The number of nitrogens with one attached hydrogen (secondary N) is 2. The molecule has 0 unspecified atom stereocenters. The van der Waals surface area contributed by atoms with E-state index in [2.05, 4.69) is 40.7 Å². The third-order valence-electron chi connectivity index (χ3n) is 4.07. The maximum absolute atomic E-state index is 11.7. The van der Waals surface area contributed by atoms with Crippen LogP contribution >= 0.6 is 0 Å². The van der Waals surface area contributed by atoms with E-state index in [9.17, 15) is 4.79 Å². The molecule has 0 saturated carbocycles. The van der Waals surface area contributed by atoms with Crippen LogP contribution in [0.1, 0.15) is 23.6 Å². The number of aryl methyl sites for hydroxylation is 1. The fraction of sp³-hybridized carbons (Fsp3) is 0.364. The Bertz CT molecular complexity index is 803. The molecule has 0 spiro atoms. The van der Waals surface area contributed by atoms with Gasteiger partial charge in [-0.25, -0.2) is 4.99 Å². The zero-order valence-corrected chi connectivity index (χ0v) is 17.2. The second kappa shape index (κ2) is 11.0. The van der Waals surface area contributed by atoms with Crippen molar-refractivity contribution in [3.63, 3.8) is 0 Å². The summed E-state index contributed by atoms with van der Waals surface area (Å²) >= 11 is 0. The Morgan fingerprint density at radius 3 is 2.54 bits per heavy atom. The van der Waals surface area contributed by atoms with E-state index in [1.807, 2.05) is 37.3 Å². The second-order valence-corrected chi connectivity index (χ2v) is 6.76. The molecular formula is C22H30N4O2. The number of likely N-dealkylation sites (N-methyl/N-ethyl adjacent to an activating group) is 1. The Morgan fingerprint density at radius 2 is 1.82 bits per heavy atom. The van der Waals surface area contributed by atoms with Crippen molar-refractivity contribution in [2.24, 2.45) is 4.99 Å². The molecular weight excluding hydrogens is 352 g/mol. The van der Waals surface area contributed by atoms with Gasteiger partial charge >= 0.3 is 0 Å². The smallest absolute Gasteiger partial charge is 0.259 e. The monoisotopic (exact) mass is 382 g/mol. The summed E-state index contributed by atoms with van der Waals surface area (Å²) in [6, 6.07) is 16.1. The summed E-state index contributed by atoms with van der Waals surface area (Å²) < 4.78 is 5.58. The van der Waals surface area contributed by atoms with Gasteiger partial charge in [-0.2, -0.15) is 0 Å². The number of benzene rings is 2. The number of nitrogens with zero attached hydrogens (tertiary/aromatic N) is 2. The normalized spacial score (nSPS) is 11.1. The van der Waals surface area contributed by atoms with E-state index < -0.39 is 0 Å². The minimum absolute atomic E-state index is 0.0322. The summed E-state index contributed by atoms with van der Waals surface area (Å²) in [5, 5.41) is 6.60. The van der Waals surface area contributed by atoms with E-state index in [0.29, 0.717) is 18.8 Å². The maximum Gasteiger partial charge on any atom is 0.259 e. The molecule has 0 radical (unpaired) electrons. The van der Waals surface area contributed by atoms with Crippen molar-refractivity contribution in [1.82, 2.24) is 15.5 Å². The lowest BCUT2D eigenvalue weighted by Crippen LogP contribution is -2.36. The lowest BCUT2D eigenvalue weighted by atomic mass is 10.1. The largest absolute Gasteiger partial charge is 0.484 e. The van der Waals surface area contributed by atoms with Gasteiger partial charge in [0.2, 0.25) is 0 Å². The Labute approximate surface area is 167 Å². The number of guanidine groups is 1. The minimum atomic E-state index is -0.0683. The first-order valence-corrected chi connectivity index (χ1v) is 9.47. The number of hydrogen-bond acceptors (Lipinski definition) is 3. The predicted molar refractivity (Wildman–Crippen MR) is 113 cm³/mol. The number of hydrogen-bond donors (Lipinski definition) is 2. The van der Waals surface area contributed by atoms with Gasteiger partial charge in [-0.05, 0) is 37.1 Å². The summed E-state index contributed by atoms with van der Waals surface area (Å²) in [5.74, 6) is 1.37. The second-order valence-electron chi connectivity index (χ2n) is 6.76. The fourth-order valence-electron chi connectivity index (χ4n) is 2.53. The highest BCUT2D eigenvalue weighted by molar-refractivity contribution is 5.79. The predicted octanol–water partition coefficient (Wildman–Crippen LogP) is 2.72. The van der Waals surface area contributed by atoms with E-state index in [-0.39, 0.29) is 12.5 Å².